The first-order valence-corrected chi connectivity index (χ1v) is 13.3. The summed E-state index contributed by atoms with van der Waals surface area (Å²) in [6.07, 6.45) is 1.69. The van der Waals surface area contributed by atoms with Crippen molar-refractivity contribution in [2.24, 2.45) is 5.92 Å². The molecule has 1 saturated carbocycles. The Morgan fingerprint density at radius 1 is 1.12 bits per heavy atom. The summed E-state index contributed by atoms with van der Waals surface area (Å²) >= 11 is 0. The van der Waals surface area contributed by atoms with Gasteiger partial charge in [-0.3, -0.25) is 4.79 Å². The SMILES string of the molecule is C.CON[C@@H]1CCCC[C@H]1Cc1nc(Nc2ccc(C(=O)NC3CCN(C)CC3)cc2OC)ncc1C(F)(F)F. The van der Waals surface area contributed by atoms with Gasteiger partial charge >= 0.3 is 6.18 Å². The van der Waals surface area contributed by atoms with Crippen LogP contribution in [0.5, 0.6) is 5.75 Å². The van der Waals surface area contributed by atoms with E-state index in [-0.39, 0.29) is 49.4 Å². The van der Waals surface area contributed by atoms with Crippen molar-refractivity contribution in [1.82, 2.24) is 25.7 Å². The van der Waals surface area contributed by atoms with Crippen LogP contribution in [-0.2, 0) is 17.4 Å². The Morgan fingerprint density at radius 2 is 1.85 bits per heavy atom. The lowest BCUT2D eigenvalue weighted by molar-refractivity contribution is -0.138. The van der Waals surface area contributed by atoms with Crippen molar-refractivity contribution in [3.63, 3.8) is 0 Å². The van der Waals surface area contributed by atoms with Crippen molar-refractivity contribution in [1.29, 1.82) is 0 Å². The van der Waals surface area contributed by atoms with Gasteiger partial charge in [0.2, 0.25) is 5.95 Å². The van der Waals surface area contributed by atoms with Crippen LogP contribution in [0, 0.1) is 5.92 Å². The van der Waals surface area contributed by atoms with Crippen molar-refractivity contribution in [3.05, 3.63) is 41.2 Å². The van der Waals surface area contributed by atoms with Gasteiger partial charge in [-0.15, -0.1) is 0 Å². The van der Waals surface area contributed by atoms with Gasteiger partial charge in [-0.05, 0) is 76.4 Å². The molecular formula is C28H41F3N6O3. The number of hydrogen-bond donors (Lipinski definition) is 3. The van der Waals surface area contributed by atoms with Gasteiger partial charge in [0.1, 0.15) is 5.75 Å². The minimum atomic E-state index is -4.58. The van der Waals surface area contributed by atoms with E-state index in [0.717, 1.165) is 57.8 Å². The van der Waals surface area contributed by atoms with Crippen LogP contribution in [0.15, 0.2) is 24.4 Å². The van der Waals surface area contributed by atoms with E-state index in [2.05, 4.69) is 38.0 Å². The van der Waals surface area contributed by atoms with Crippen LogP contribution < -0.4 is 20.9 Å². The monoisotopic (exact) mass is 566 g/mol. The molecule has 1 saturated heterocycles. The molecule has 3 N–H and O–H groups in total. The summed E-state index contributed by atoms with van der Waals surface area (Å²) in [5, 5.41) is 6.04. The number of rotatable bonds is 9. The maximum absolute atomic E-state index is 13.8. The largest absolute Gasteiger partial charge is 0.495 e. The molecule has 2 atom stereocenters. The Kier molecular flexibility index (Phi) is 11.1. The molecule has 222 valence electrons. The van der Waals surface area contributed by atoms with Gasteiger partial charge in [0, 0.05) is 23.8 Å². The number of methoxy groups -OCH3 is 1. The lowest BCUT2D eigenvalue weighted by atomic mass is 9.81. The number of likely N-dealkylation sites (tertiary alicyclic amines) is 1. The van der Waals surface area contributed by atoms with Crippen LogP contribution >= 0.6 is 0 Å². The van der Waals surface area contributed by atoms with Crippen molar-refractivity contribution in [2.45, 2.75) is 70.6 Å². The van der Waals surface area contributed by atoms with Gasteiger partial charge in [-0.1, -0.05) is 20.3 Å². The highest BCUT2D eigenvalue weighted by Crippen LogP contribution is 2.36. The first kappa shape index (κ1) is 31.6. The second-order valence-electron chi connectivity index (χ2n) is 10.3. The van der Waals surface area contributed by atoms with Gasteiger partial charge < -0.3 is 25.1 Å². The molecule has 40 heavy (non-hydrogen) atoms. The zero-order valence-electron chi connectivity index (χ0n) is 22.6. The van der Waals surface area contributed by atoms with Crippen molar-refractivity contribution in [2.75, 3.05) is 39.7 Å². The molecule has 0 bridgehead atoms. The smallest absolute Gasteiger partial charge is 0.419 e. The third-order valence-corrected chi connectivity index (χ3v) is 7.57. The normalized spacial score (nSPS) is 20.4. The number of ether oxygens (including phenoxy) is 1. The molecule has 2 fully saturated rings. The van der Waals surface area contributed by atoms with E-state index in [1.54, 1.807) is 18.2 Å². The maximum atomic E-state index is 13.8. The summed E-state index contributed by atoms with van der Waals surface area (Å²) in [5.74, 6) is 0.119. The van der Waals surface area contributed by atoms with E-state index in [1.165, 1.54) is 14.2 Å². The van der Waals surface area contributed by atoms with Crippen LogP contribution in [0.1, 0.15) is 67.6 Å². The van der Waals surface area contributed by atoms with Crippen LogP contribution in [0.25, 0.3) is 0 Å². The maximum Gasteiger partial charge on any atom is 0.419 e. The molecule has 1 aliphatic heterocycles. The molecule has 1 aliphatic carbocycles. The average molecular weight is 567 g/mol. The van der Waals surface area contributed by atoms with Crippen molar-refractivity contribution < 1.29 is 27.5 Å². The zero-order valence-corrected chi connectivity index (χ0v) is 22.6. The van der Waals surface area contributed by atoms with Gasteiger partial charge in [0.05, 0.1) is 31.2 Å². The standard InChI is InChI=1S/C27H37F3N6O3.CH4/c1-36-12-10-19(11-13-36)32-25(37)18-8-9-22(24(15-18)38-2)33-26-31-16-20(27(28,29)30)23(34-26)14-17-6-4-5-7-21(17)35-39-3;/h8-9,15-17,19,21,35H,4-7,10-14H2,1-3H3,(H,32,37)(H,31,33,34);1H4/t17-,21+;/m0./s1. The number of alkyl halides is 3. The number of anilines is 2. The number of carbonyl (C=O) groups is 1. The quantitative estimate of drug-likeness (QED) is 0.367. The molecule has 1 aromatic heterocycles. The lowest BCUT2D eigenvalue weighted by Crippen LogP contribution is -2.43. The van der Waals surface area contributed by atoms with E-state index in [1.807, 2.05) is 0 Å². The molecule has 2 aromatic rings. The van der Waals surface area contributed by atoms with Gasteiger partial charge in [-0.25, -0.2) is 9.97 Å². The number of aromatic nitrogens is 2. The Labute approximate surface area is 234 Å². The summed E-state index contributed by atoms with van der Waals surface area (Å²) < 4.78 is 47.0. The number of halogens is 3. The highest BCUT2D eigenvalue weighted by atomic mass is 19.4. The molecule has 0 radical (unpaired) electrons. The Morgan fingerprint density at radius 3 is 2.52 bits per heavy atom. The van der Waals surface area contributed by atoms with E-state index in [9.17, 15) is 18.0 Å². The topological polar surface area (TPSA) is 101 Å². The number of hydrogen-bond acceptors (Lipinski definition) is 8. The number of amides is 1. The number of nitrogens with zero attached hydrogens (tertiary/aromatic N) is 3. The van der Waals surface area contributed by atoms with E-state index in [0.29, 0.717) is 17.0 Å². The third-order valence-electron chi connectivity index (χ3n) is 7.57. The van der Waals surface area contributed by atoms with E-state index < -0.39 is 11.7 Å². The number of nitrogens with one attached hydrogen (secondary N) is 3. The molecule has 2 heterocycles. The number of benzene rings is 1. The molecular weight excluding hydrogens is 525 g/mol. The molecule has 1 aromatic carbocycles. The van der Waals surface area contributed by atoms with Gasteiger partial charge in [0.15, 0.2) is 0 Å². The summed E-state index contributed by atoms with van der Waals surface area (Å²) in [6.45, 7) is 1.85. The first-order chi connectivity index (χ1) is 18.7. The highest BCUT2D eigenvalue weighted by molar-refractivity contribution is 5.95. The van der Waals surface area contributed by atoms with Gasteiger partial charge in [-0.2, -0.15) is 18.7 Å². The summed E-state index contributed by atoms with van der Waals surface area (Å²) in [5.41, 5.74) is 2.89. The summed E-state index contributed by atoms with van der Waals surface area (Å²) in [7, 11) is 5.03. The average Bonchev–Trinajstić information content (AvgIpc) is 2.91. The summed E-state index contributed by atoms with van der Waals surface area (Å²) in [4.78, 5) is 28.4. The van der Waals surface area contributed by atoms with Crippen molar-refractivity contribution >= 4 is 17.5 Å². The predicted octanol–water partition coefficient (Wildman–Crippen LogP) is 4.96. The van der Waals surface area contributed by atoms with Crippen LogP contribution in [0.3, 0.4) is 0 Å². The number of hydroxylamine groups is 1. The lowest BCUT2D eigenvalue weighted by Gasteiger charge is -2.31. The zero-order chi connectivity index (χ0) is 28.0. The fraction of sp³-hybridized carbons (Fsp3) is 0.607. The molecule has 9 nitrogen and oxygen atoms in total. The van der Waals surface area contributed by atoms with Crippen molar-refractivity contribution in [3.8, 4) is 5.75 Å². The number of piperidine rings is 1. The van der Waals surface area contributed by atoms with Crippen LogP contribution in [0.2, 0.25) is 0 Å². The second kappa shape index (κ2) is 14.1. The molecule has 2 aliphatic rings. The Bertz CT molecular complexity index is 1120. The molecule has 0 spiro atoms. The van der Waals surface area contributed by atoms with Crippen LogP contribution in [-0.4, -0.2) is 67.2 Å². The predicted molar refractivity (Wildman–Crippen MR) is 148 cm³/mol. The Hall–Kier alpha value is -2.96. The third kappa shape index (κ3) is 8.05. The molecule has 1 amide bonds. The molecule has 0 unspecified atom stereocenters. The fourth-order valence-corrected chi connectivity index (χ4v) is 5.35. The van der Waals surface area contributed by atoms with Gasteiger partial charge in [0.25, 0.3) is 5.91 Å². The Balaban J connectivity index is 0.00000441. The van der Waals surface area contributed by atoms with E-state index >= 15 is 0 Å². The summed E-state index contributed by atoms with van der Waals surface area (Å²) in [6, 6.07) is 4.94. The highest BCUT2D eigenvalue weighted by Gasteiger charge is 2.37. The minimum absolute atomic E-state index is 0. The molecule has 4 rings (SSSR count). The van der Waals surface area contributed by atoms with Crippen LogP contribution in [0.4, 0.5) is 24.8 Å². The fourth-order valence-electron chi connectivity index (χ4n) is 5.35. The van der Waals surface area contributed by atoms with E-state index in [4.69, 9.17) is 9.57 Å². The minimum Gasteiger partial charge on any atom is -0.495 e. The first-order valence-electron chi connectivity index (χ1n) is 13.3. The second-order valence-corrected chi connectivity index (χ2v) is 10.3. The molecule has 12 heteroatoms. The number of carbonyl (C=O) groups excluding carboxylic acids is 1.